The summed E-state index contributed by atoms with van der Waals surface area (Å²) in [5.41, 5.74) is 4.88. The second-order valence-corrected chi connectivity index (χ2v) is 6.24. The predicted octanol–water partition coefficient (Wildman–Crippen LogP) is 8.50. The van der Waals surface area contributed by atoms with Gasteiger partial charge >= 0.3 is 0 Å². The average molecular weight is 381 g/mol. The summed E-state index contributed by atoms with van der Waals surface area (Å²) in [7, 11) is 0. The molecule has 0 radical (unpaired) electrons. The molecule has 0 saturated heterocycles. The molecule has 0 aliphatic heterocycles. The van der Waals surface area contributed by atoms with Crippen LogP contribution in [0.15, 0.2) is 117 Å². The highest BCUT2D eigenvalue weighted by Gasteiger charge is 1.89. The van der Waals surface area contributed by atoms with Crippen molar-refractivity contribution >= 4 is 18.2 Å². The van der Waals surface area contributed by atoms with E-state index in [2.05, 4.69) is 75.2 Å². The van der Waals surface area contributed by atoms with E-state index in [4.69, 9.17) is 0 Å². The van der Waals surface area contributed by atoms with E-state index in [-0.39, 0.29) is 0 Å². The molecule has 148 valence electrons. The molecule has 0 aliphatic rings. The second kappa shape index (κ2) is 15.7. The van der Waals surface area contributed by atoms with Crippen molar-refractivity contribution in [2.24, 2.45) is 0 Å². The van der Waals surface area contributed by atoms with E-state index in [1.807, 2.05) is 66.8 Å². The molecule has 0 nitrogen and oxygen atoms in total. The van der Waals surface area contributed by atoms with Crippen molar-refractivity contribution in [3.05, 3.63) is 139 Å². The highest BCUT2D eigenvalue weighted by atomic mass is 13.9. The lowest BCUT2D eigenvalue weighted by Crippen LogP contribution is -1.76. The lowest BCUT2D eigenvalue weighted by atomic mass is 10.1. The Morgan fingerprint density at radius 1 is 0.655 bits per heavy atom. The summed E-state index contributed by atoms with van der Waals surface area (Å²) in [4.78, 5) is 0. The van der Waals surface area contributed by atoms with E-state index in [0.29, 0.717) is 0 Å². The van der Waals surface area contributed by atoms with Crippen LogP contribution >= 0.6 is 0 Å². The van der Waals surface area contributed by atoms with Crippen LogP contribution in [0.3, 0.4) is 0 Å². The third kappa shape index (κ3) is 10.5. The first-order chi connectivity index (χ1) is 14.2. The molecule has 0 heterocycles. The highest BCUT2D eigenvalue weighted by molar-refractivity contribution is 5.63. The zero-order chi connectivity index (χ0) is 21.2. The highest BCUT2D eigenvalue weighted by Crippen LogP contribution is 2.10. The molecule has 0 bridgehead atoms. The fourth-order valence-corrected chi connectivity index (χ4v) is 2.48. The van der Waals surface area contributed by atoms with Crippen LogP contribution in [0, 0.1) is 0 Å². The molecule has 0 saturated carbocycles. The molecule has 0 atom stereocenters. The molecular formula is C29H32. The van der Waals surface area contributed by atoms with Gasteiger partial charge in [0.15, 0.2) is 0 Å². The van der Waals surface area contributed by atoms with E-state index in [1.165, 1.54) is 11.1 Å². The van der Waals surface area contributed by atoms with Gasteiger partial charge in [-0.25, -0.2) is 0 Å². The minimum atomic E-state index is 0.973. The predicted molar refractivity (Wildman–Crippen MR) is 133 cm³/mol. The molecule has 29 heavy (non-hydrogen) atoms. The third-order valence-electron chi connectivity index (χ3n) is 4.00. The zero-order valence-corrected chi connectivity index (χ0v) is 17.5. The summed E-state index contributed by atoms with van der Waals surface area (Å²) in [5, 5.41) is 0. The maximum absolute atomic E-state index is 3.69. The second-order valence-electron chi connectivity index (χ2n) is 6.24. The van der Waals surface area contributed by atoms with Crippen LogP contribution in [0.1, 0.15) is 35.6 Å². The van der Waals surface area contributed by atoms with Crippen LogP contribution in [0.4, 0.5) is 0 Å². The molecule has 0 spiro atoms. The molecule has 0 fully saturated rings. The van der Waals surface area contributed by atoms with Crippen molar-refractivity contribution in [2.75, 3.05) is 0 Å². The van der Waals surface area contributed by atoms with Gasteiger partial charge in [-0.3, -0.25) is 0 Å². The Balaban J connectivity index is 0.000000218. The Kier molecular flexibility index (Phi) is 12.8. The van der Waals surface area contributed by atoms with Crippen LogP contribution in [0.25, 0.3) is 18.2 Å². The standard InChI is InChI=1S/C10H10.C10H12.C9H10/c1-3-9-7-5-6-8-10(9)4-2;1-2-3-7-10-8-5-4-6-9-10;1-2-6-9-7-4-3-5-8-9/h3-8H,1-2H2;3-9H,2H2,1H3;2-5,7-8H,1,6H2. The fourth-order valence-electron chi connectivity index (χ4n) is 2.48. The summed E-state index contributed by atoms with van der Waals surface area (Å²) in [6.45, 7) is 13.2. The Hall–Kier alpha value is -3.38. The number of hydrogen-bond acceptors (Lipinski definition) is 0. The first-order valence-electron chi connectivity index (χ1n) is 9.95. The van der Waals surface area contributed by atoms with Gasteiger partial charge in [0.05, 0.1) is 0 Å². The van der Waals surface area contributed by atoms with Gasteiger partial charge in [0.1, 0.15) is 0 Å². The van der Waals surface area contributed by atoms with Crippen LogP contribution in [0.5, 0.6) is 0 Å². The Morgan fingerprint density at radius 2 is 1.14 bits per heavy atom. The number of benzene rings is 3. The van der Waals surface area contributed by atoms with Gasteiger partial charge in [-0.2, -0.15) is 0 Å². The minimum Gasteiger partial charge on any atom is -0.103 e. The van der Waals surface area contributed by atoms with Crippen LogP contribution in [-0.4, -0.2) is 0 Å². The molecule has 0 aromatic heterocycles. The van der Waals surface area contributed by atoms with E-state index >= 15 is 0 Å². The monoisotopic (exact) mass is 380 g/mol. The topological polar surface area (TPSA) is 0 Å². The Labute approximate surface area is 177 Å². The Morgan fingerprint density at radius 3 is 1.59 bits per heavy atom. The molecule has 0 unspecified atom stereocenters. The van der Waals surface area contributed by atoms with E-state index in [9.17, 15) is 0 Å². The van der Waals surface area contributed by atoms with Gasteiger partial charge in [-0.1, -0.05) is 135 Å². The van der Waals surface area contributed by atoms with E-state index in [0.717, 1.165) is 24.0 Å². The number of allylic oxidation sites excluding steroid dienone is 2. The summed E-state index contributed by atoms with van der Waals surface area (Å²) in [5.74, 6) is 0. The van der Waals surface area contributed by atoms with Crippen LogP contribution < -0.4 is 0 Å². The van der Waals surface area contributed by atoms with Gasteiger partial charge in [-0.15, -0.1) is 6.58 Å². The van der Waals surface area contributed by atoms with E-state index < -0.39 is 0 Å². The van der Waals surface area contributed by atoms with Gasteiger partial charge in [-0.05, 0) is 35.1 Å². The largest absolute Gasteiger partial charge is 0.103 e. The smallest absolute Gasteiger partial charge is 0.0100 e. The van der Waals surface area contributed by atoms with Crippen molar-refractivity contribution in [1.29, 1.82) is 0 Å². The maximum Gasteiger partial charge on any atom is -0.0100 e. The molecule has 3 aromatic carbocycles. The van der Waals surface area contributed by atoms with Crippen molar-refractivity contribution in [2.45, 2.75) is 19.8 Å². The Bertz CT molecular complexity index is 828. The average Bonchev–Trinajstić information content (AvgIpc) is 2.80. The van der Waals surface area contributed by atoms with Crippen molar-refractivity contribution in [1.82, 2.24) is 0 Å². The lowest BCUT2D eigenvalue weighted by Gasteiger charge is -1.96. The van der Waals surface area contributed by atoms with Crippen molar-refractivity contribution < 1.29 is 0 Å². The number of hydrogen-bond donors (Lipinski definition) is 0. The summed E-state index contributed by atoms with van der Waals surface area (Å²) in [6, 6.07) is 28.7. The quantitative estimate of drug-likeness (QED) is 0.376. The van der Waals surface area contributed by atoms with E-state index in [1.54, 1.807) is 0 Å². The van der Waals surface area contributed by atoms with Crippen molar-refractivity contribution in [3.8, 4) is 0 Å². The molecule has 0 amide bonds. The minimum absolute atomic E-state index is 0.973. The molecule has 0 heteroatoms. The summed E-state index contributed by atoms with van der Waals surface area (Å²) < 4.78 is 0. The maximum atomic E-state index is 3.69. The molecule has 3 rings (SSSR count). The molecule has 3 aromatic rings. The van der Waals surface area contributed by atoms with Crippen molar-refractivity contribution in [3.63, 3.8) is 0 Å². The zero-order valence-electron chi connectivity index (χ0n) is 17.5. The van der Waals surface area contributed by atoms with Gasteiger partial charge in [0.25, 0.3) is 0 Å². The first kappa shape index (κ1) is 23.7. The van der Waals surface area contributed by atoms with Gasteiger partial charge < -0.3 is 0 Å². The number of rotatable bonds is 6. The van der Waals surface area contributed by atoms with Crippen LogP contribution in [-0.2, 0) is 6.42 Å². The molecule has 0 N–H and O–H groups in total. The molecular weight excluding hydrogens is 348 g/mol. The fraction of sp³-hybridized carbons (Fsp3) is 0.103. The summed E-state index contributed by atoms with van der Waals surface area (Å²) >= 11 is 0. The lowest BCUT2D eigenvalue weighted by molar-refractivity contribution is 1.23. The molecule has 0 aliphatic carbocycles. The van der Waals surface area contributed by atoms with Gasteiger partial charge in [0.2, 0.25) is 0 Å². The van der Waals surface area contributed by atoms with Gasteiger partial charge in [0, 0.05) is 0 Å². The summed E-state index contributed by atoms with van der Waals surface area (Å²) in [6.07, 6.45) is 12.0. The third-order valence-corrected chi connectivity index (χ3v) is 4.00. The first-order valence-corrected chi connectivity index (χ1v) is 9.95. The SMILES string of the molecule is C=CCc1ccccc1.C=Cc1ccccc1C=C.CCC=Cc1ccccc1. The van der Waals surface area contributed by atoms with Crippen LogP contribution in [0.2, 0.25) is 0 Å². The normalized spacial score (nSPS) is 9.41.